The molecule has 0 bridgehead atoms. The molecule has 7 aromatic carbocycles. The molecule has 5 heteroatoms. The van der Waals surface area contributed by atoms with Crippen molar-refractivity contribution in [2.24, 2.45) is 0 Å². The first-order chi connectivity index (χ1) is 27.7. The van der Waals surface area contributed by atoms with Gasteiger partial charge in [-0.3, -0.25) is 4.98 Å². The van der Waals surface area contributed by atoms with Crippen molar-refractivity contribution in [3.63, 3.8) is 0 Å². The summed E-state index contributed by atoms with van der Waals surface area (Å²) in [6, 6.07) is 62.5. The molecule has 0 atom stereocenters. The average molecular weight is 718 g/mol. The molecule has 0 spiro atoms. The van der Waals surface area contributed by atoms with Crippen LogP contribution in [-0.2, 0) is 0 Å². The minimum Gasteiger partial charge on any atom is -0.456 e. The molecule has 0 aliphatic carbocycles. The van der Waals surface area contributed by atoms with Gasteiger partial charge in [0.15, 0.2) is 5.82 Å². The number of furan rings is 2. The van der Waals surface area contributed by atoms with E-state index in [1.54, 1.807) is 0 Å². The summed E-state index contributed by atoms with van der Waals surface area (Å²) >= 11 is 0. The van der Waals surface area contributed by atoms with E-state index in [2.05, 4.69) is 120 Å². The number of benzene rings is 7. The number of fused-ring (bicyclic) bond motifs is 6. The van der Waals surface area contributed by atoms with Crippen LogP contribution in [0.25, 0.3) is 111 Å². The first-order valence-corrected chi connectivity index (χ1v) is 18.7. The molecule has 0 unspecified atom stereocenters. The summed E-state index contributed by atoms with van der Waals surface area (Å²) in [5.41, 5.74) is 14.3. The Labute approximate surface area is 322 Å². The maximum atomic E-state index is 6.66. The molecule has 0 N–H and O–H groups in total. The third-order valence-corrected chi connectivity index (χ3v) is 10.6. The third-order valence-electron chi connectivity index (χ3n) is 10.6. The molecule has 4 aromatic heterocycles. The van der Waals surface area contributed by atoms with Gasteiger partial charge in [0.25, 0.3) is 0 Å². The number of hydrogen-bond donors (Lipinski definition) is 0. The van der Waals surface area contributed by atoms with E-state index in [9.17, 15) is 0 Å². The van der Waals surface area contributed by atoms with Crippen molar-refractivity contribution >= 4 is 43.9 Å². The van der Waals surface area contributed by atoms with Crippen LogP contribution in [0.3, 0.4) is 0 Å². The van der Waals surface area contributed by atoms with Gasteiger partial charge in [0, 0.05) is 55.6 Å². The molecule has 0 aliphatic heterocycles. The Hall–Kier alpha value is -7.63. The second kappa shape index (κ2) is 13.0. The molecule has 0 radical (unpaired) electrons. The fourth-order valence-electron chi connectivity index (χ4n) is 7.84. The summed E-state index contributed by atoms with van der Waals surface area (Å²) in [4.78, 5) is 14.8. The van der Waals surface area contributed by atoms with Crippen LogP contribution >= 0.6 is 0 Å². The second-order valence-electron chi connectivity index (χ2n) is 14.0. The van der Waals surface area contributed by atoms with Crippen LogP contribution < -0.4 is 0 Å². The van der Waals surface area contributed by atoms with Crippen LogP contribution in [0.15, 0.2) is 197 Å². The van der Waals surface area contributed by atoms with E-state index in [0.29, 0.717) is 5.82 Å². The van der Waals surface area contributed by atoms with E-state index in [1.165, 1.54) is 0 Å². The third kappa shape index (κ3) is 5.45. The molecule has 0 saturated carbocycles. The fraction of sp³-hybridized carbons (Fsp3) is 0. The predicted molar refractivity (Wildman–Crippen MR) is 227 cm³/mol. The van der Waals surface area contributed by atoms with Gasteiger partial charge in [0.2, 0.25) is 0 Å². The van der Waals surface area contributed by atoms with Crippen molar-refractivity contribution < 1.29 is 8.83 Å². The lowest BCUT2D eigenvalue weighted by molar-refractivity contribution is 0.668. The predicted octanol–water partition coefficient (Wildman–Crippen LogP) is 13.7. The minimum absolute atomic E-state index is 0.659. The van der Waals surface area contributed by atoms with Crippen LogP contribution in [0.5, 0.6) is 0 Å². The highest BCUT2D eigenvalue weighted by Crippen LogP contribution is 2.43. The van der Waals surface area contributed by atoms with Crippen molar-refractivity contribution in [3.8, 4) is 67.4 Å². The van der Waals surface area contributed by atoms with Crippen molar-refractivity contribution in [1.29, 1.82) is 0 Å². The molecule has 262 valence electrons. The molecule has 5 nitrogen and oxygen atoms in total. The van der Waals surface area contributed by atoms with E-state index in [0.717, 1.165) is 105 Å². The summed E-state index contributed by atoms with van der Waals surface area (Å²) in [5, 5.41) is 4.37. The highest BCUT2D eigenvalue weighted by molar-refractivity contribution is 6.17. The summed E-state index contributed by atoms with van der Waals surface area (Å²) in [6.07, 6.45) is 1.82. The molecule has 0 saturated heterocycles. The molecule has 0 aliphatic rings. The van der Waals surface area contributed by atoms with Crippen LogP contribution in [0.1, 0.15) is 0 Å². The Morgan fingerprint density at radius 3 is 1.77 bits per heavy atom. The van der Waals surface area contributed by atoms with Crippen LogP contribution in [-0.4, -0.2) is 15.0 Å². The van der Waals surface area contributed by atoms with Gasteiger partial charge in [-0.1, -0.05) is 127 Å². The number of para-hydroxylation sites is 2. The van der Waals surface area contributed by atoms with Gasteiger partial charge >= 0.3 is 0 Å². The first kappa shape index (κ1) is 31.9. The van der Waals surface area contributed by atoms with E-state index in [1.807, 2.05) is 72.9 Å². The highest BCUT2D eigenvalue weighted by atomic mass is 16.3. The maximum absolute atomic E-state index is 6.66. The van der Waals surface area contributed by atoms with Gasteiger partial charge in [0.05, 0.1) is 17.1 Å². The Bertz CT molecular complexity index is 3240. The lowest BCUT2D eigenvalue weighted by atomic mass is 9.94. The van der Waals surface area contributed by atoms with Gasteiger partial charge < -0.3 is 8.83 Å². The van der Waals surface area contributed by atoms with Gasteiger partial charge in [-0.25, -0.2) is 9.97 Å². The first-order valence-electron chi connectivity index (χ1n) is 18.7. The Balaban J connectivity index is 1.02. The molecular formula is C51H31N3O2. The van der Waals surface area contributed by atoms with Gasteiger partial charge in [-0.15, -0.1) is 0 Å². The summed E-state index contributed by atoms with van der Waals surface area (Å²) < 4.78 is 12.9. The Kier molecular flexibility index (Phi) is 7.42. The summed E-state index contributed by atoms with van der Waals surface area (Å²) in [7, 11) is 0. The molecule has 0 amide bonds. The Morgan fingerprint density at radius 1 is 0.339 bits per heavy atom. The monoisotopic (exact) mass is 717 g/mol. The smallest absolute Gasteiger partial charge is 0.160 e. The molecule has 56 heavy (non-hydrogen) atoms. The van der Waals surface area contributed by atoms with Crippen molar-refractivity contribution in [2.75, 3.05) is 0 Å². The maximum Gasteiger partial charge on any atom is 0.160 e. The zero-order valence-electron chi connectivity index (χ0n) is 30.1. The molecular weight excluding hydrogens is 687 g/mol. The second-order valence-corrected chi connectivity index (χ2v) is 14.0. The fourth-order valence-corrected chi connectivity index (χ4v) is 7.84. The van der Waals surface area contributed by atoms with Crippen molar-refractivity contribution in [1.82, 2.24) is 15.0 Å². The molecule has 11 aromatic rings. The van der Waals surface area contributed by atoms with Crippen LogP contribution in [0.2, 0.25) is 0 Å². The molecule has 4 heterocycles. The van der Waals surface area contributed by atoms with Crippen LogP contribution in [0.4, 0.5) is 0 Å². The van der Waals surface area contributed by atoms with Crippen molar-refractivity contribution in [2.45, 2.75) is 0 Å². The zero-order chi connectivity index (χ0) is 37.0. The van der Waals surface area contributed by atoms with E-state index < -0.39 is 0 Å². The largest absolute Gasteiger partial charge is 0.456 e. The number of aromatic nitrogens is 3. The van der Waals surface area contributed by atoms with Gasteiger partial charge in [0.1, 0.15) is 22.3 Å². The lowest BCUT2D eigenvalue weighted by Gasteiger charge is -2.12. The number of nitrogens with zero attached hydrogens (tertiary/aromatic N) is 3. The highest BCUT2D eigenvalue weighted by Gasteiger charge is 2.19. The average Bonchev–Trinajstić information content (AvgIpc) is 3.85. The number of hydrogen-bond acceptors (Lipinski definition) is 5. The van der Waals surface area contributed by atoms with Gasteiger partial charge in [-0.05, 0) is 71.3 Å². The number of pyridine rings is 1. The lowest BCUT2D eigenvalue weighted by Crippen LogP contribution is -1.96. The summed E-state index contributed by atoms with van der Waals surface area (Å²) in [6.45, 7) is 0. The SMILES string of the molecule is c1ccc(-c2cc(-c3cccc(-c4ccccn4)c3)nc(-c3ccc(-c4ccc(-c5ccc6c(c5)oc5ccccc56)c5oc6ccccc6c45)cc3)n2)cc1. The van der Waals surface area contributed by atoms with Crippen LogP contribution in [0, 0.1) is 0 Å². The summed E-state index contributed by atoms with van der Waals surface area (Å²) in [5.74, 6) is 0.659. The quantitative estimate of drug-likeness (QED) is 0.171. The Morgan fingerprint density at radius 2 is 0.964 bits per heavy atom. The normalized spacial score (nSPS) is 11.6. The van der Waals surface area contributed by atoms with Gasteiger partial charge in [-0.2, -0.15) is 0 Å². The van der Waals surface area contributed by atoms with Crippen molar-refractivity contribution in [3.05, 3.63) is 188 Å². The topological polar surface area (TPSA) is 65.0 Å². The van der Waals surface area contributed by atoms with E-state index >= 15 is 0 Å². The number of rotatable bonds is 6. The molecule has 11 rings (SSSR count). The minimum atomic E-state index is 0.659. The standard InChI is InChI=1S/C51H31N3O2/c1-2-11-33(12-3-1)44-31-45(37-14-10-13-36(29-37)43-17-8-9-28-52-43)54-51(53-44)34-22-20-32(21-23-34)38-26-27-39(50-49(38)42-16-5-7-19-47(42)56-50)35-24-25-41-40-15-4-6-18-46(40)55-48(41)30-35/h1-31H. The zero-order valence-corrected chi connectivity index (χ0v) is 30.1. The van der Waals surface area contributed by atoms with E-state index in [-0.39, 0.29) is 0 Å². The van der Waals surface area contributed by atoms with E-state index in [4.69, 9.17) is 18.8 Å². The molecule has 0 fully saturated rings.